The Balaban J connectivity index is 2.13. The summed E-state index contributed by atoms with van der Waals surface area (Å²) in [6, 6.07) is 6.10. The first-order valence-electron chi connectivity index (χ1n) is 11.0. The average Bonchev–Trinajstić information content (AvgIpc) is 3.19. The van der Waals surface area contributed by atoms with Crippen molar-refractivity contribution < 1.29 is 19.1 Å². The summed E-state index contributed by atoms with van der Waals surface area (Å²) in [7, 11) is 3.28. The normalized spacial score (nSPS) is 10.9. The summed E-state index contributed by atoms with van der Waals surface area (Å²) in [5, 5.41) is 4.85. The summed E-state index contributed by atoms with van der Waals surface area (Å²) >= 11 is 3.52. The van der Waals surface area contributed by atoms with Gasteiger partial charge in [-0.3, -0.25) is 9.78 Å². The number of fused-ring (bicyclic) bond motifs is 1. The first kappa shape index (κ1) is 24.7. The summed E-state index contributed by atoms with van der Waals surface area (Å²) in [5.74, 6) is -0.228. The van der Waals surface area contributed by atoms with Crippen LogP contribution in [0.4, 0.5) is 4.79 Å². The fourth-order valence-corrected chi connectivity index (χ4v) is 4.05. The molecule has 0 saturated heterocycles. The van der Waals surface area contributed by atoms with E-state index in [-0.39, 0.29) is 12.6 Å². The number of amides is 1. The van der Waals surface area contributed by atoms with Gasteiger partial charge in [-0.05, 0) is 65.9 Å². The molecule has 0 spiro atoms. The molecule has 3 aromatic rings. The van der Waals surface area contributed by atoms with Gasteiger partial charge in [0.15, 0.2) is 0 Å². The molecular weight excluding hydrogens is 488 g/mol. The predicted molar refractivity (Wildman–Crippen MR) is 129 cm³/mol. The number of carbonyl (C=O) groups is 2. The minimum atomic E-state index is -0.441. The van der Waals surface area contributed by atoms with E-state index in [0.717, 1.165) is 38.8 Å². The van der Waals surface area contributed by atoms with Crippen molar-refractivity contribution in [2.24, 2.45) is 0 Å². The van der Waals surface area contributed by atoms with Gasteiger partial charge >= 0.3 is 12.1 Å². The van der Waals surface area contributed by atoms with Gasteiger partial charge in [0.1, 0.15) is 12.3 Å². The summed E-state index contributed by atoms with van der Waals surface area (Å²) in [4.78, 5) is 29.8. The second kappa shape index (κ2) is 11.3. The highest BCUT2D eigenvalue weighted by Crippen LogP contribution is 2.34. The molecule has 0 aliphatic carbocycles. The van der Waals surface area contributed by atoms with E-state index in [9.17, 15) is 9.59 Å². The van der Waals surface area contributed by atoms with Crippen molar-refractivity contribution in [3.8, 4) is 11.1 Å². The lowest BCUT2D eigenvalue weighted by atomic mass is 9.95. The third kappa shape index (κ3) is 5.90. The Labute approximate surface area is 202 Å². The summed E-state index contributed by atoms with van der Waals surface area (Å²) < 4.78 is 13.4. The van der Waals surface area contributed by atoms with Crippen LogP contribution in [0.25, 0.3) is 16.6 Å². The van der Waals surface area contributed by atoms with Crippen LogP contribution in [-0.4, -0.2) is 52.3 Å². The molecule has 0 aliphatic heterocycles. The molecule has 3 rings (SSSR count). The number of aromatic nitrogens is 3. The standard InChI is InChI=1S/C24H29BrN4O4/c1-5-18-10-11-21-23(16-12-17(25)14-26-13-16)19(8-7-9-22(30)32-6-2)20(27-29(18)21)15-33-24(31)28(3)4/h10-14H,5-9,15H2,1-4H3. The largest absolute Gasteiger partial charge is 0.466 e. The van der Waals surface area contributed by atoms with Crippen LogP contribution >= 0.6 is 15.9 Å². The second-order valence-electron chi connectivity index (χ2n) is 7.77. The van der Waals surface area contributed by atoms with Gasteiger partial charge in [0.2, 0.25) is 0 Å². The van der Waals surface area contributed by atoms with Crippen molar-refractivity contribution in [1.82, 2.24) is 19.5 Å². The van der Waals surface area contributed by atoms with E-state index >= 15 is 0 Å². The number of nitrogens with zero attached hydrogens (tertiary/aromatic N) is 4. The Morgan fingerprint density at radius 2 is 1.94 bits per heavy atom. The summed E-state index contributed by atoms with van der Waals surface area (Å²) in [6.45, 7) is 4.25. The second-order valence-corrected chi connectivity index (χ2v) is 8.69. The van der Waals surface area contributed by atoms with Crippen molar-refractivity contribution in [2.45, 2.75) is 46.1 Å². The number of halogens is 1. The first-order chi connectivity index (χ1) is 15.8. The molecule has 0 N–H and O–H groups in total. The van der Waals surface area contributed by atoms with Gasteiger partial charge < -0.3 is 14.4 Å². The highest BCUT2D eigenvalue weighted by Gasteiger charge is 2.21. The molecule has 3 aromatic heterocycles. The molecule has 0 atom stereocenters. The van der Waals surface area contributed by atoms with Gasteiger partial charge in [0.05, 0.1) is 12.1 Å². The van der Waals surface area contributed by atoms with E-state index in [1.54, 1.807) is 27.2 Å². The summed E-state index contributed by atoms with van der Waals surface area (Å²) in [5.41, 5.74) is 5.47. The minimum Gasteiger partial charge on any atom is -0.466 e. The molecule has 1 amide bonds. The smallest absolute Gasteiger partial charge is 0.409 e. The molecule has 176 valence electrons. The molecule has 0 radical (unpaired) electrons. The number of esters is 1. The Hall–Kier alpha value is -2.94. The number of rotatable bonds is 9. The van der Waals surface area contributed by atoms with E-state index in [4.69, 9.17) is 14.6 Å². The third-order valence-corrected chi connectivity index (χ3v) is 5.66. The zero-order valence-corrected chi connectivity index (χ0v) is 21.0. The number of pyridine rings is 1. The van der Waals surface area contributed by atoms with Gasteiger partial charge in [-0.25, -0.2) is 9.31 Å². The fourth-order valence-electron chi connectivity index (χ4n) is 3.68. The number of carbonyl (C=O) groups excluding carboxylic acids is 2. The molecule has 9 heteroatoms. The molecule has 0 aliphatic rings. The lowest BCUT2D eigenvalue weighted by Gasteiger charge is -2.18. The topological polar surface area (TPSA) is 86.0 Å². The van der Waals surface area contributed by atoms with Crippen LogP contribution in [0.15, 0.2) is 35.1 Å². The van der Waals surface area contributed by atoms with Gasteiger partial charge in [-0.2, -0.15) is 5.10 Å². The Kier molecular flexibility index (Phi) is 8.43. The van der Waals surface area contributed by atoms with Crippen LogP contribution in [0.2, 0.25) is 0 Å². The average molecular weight is 517 g/mol. The maximum atomic E-state index is 12.1. The van der Waals surface area contributed by atoms with Gasteiger partial charge in [0, 0.05) is 54.2 Å². The molecule has 33 heavy (non-hydrogen) atoms. The Morgan fingerprint density at radius 1 is 1.15 bits per heavy atom. The fraction of sp³-hybridized carbons (Fsp3) is 0.417. The van der Waals surface area contributed by atoms with E-state index in [1.807, 2.05) is 22.8 Å². The van der Waals surface area contributed by atoms with Crippen molar-refractivity contribution in [3.05, 3.63) is 52.0 Å². The molecule has 0 saturated carbocycles. The van der Waals surface area contributed by atoms with Crippen LogP contribution in [0.5, 0.6) is 0 Å². The maximum absolute atomic E-state index is 12.1. The number of aryl methyl sites for hydroxylation is 1. The zero-order valence-electron chi connectivity index (χ0n) is 19.4. The molecule has 3 heterocycles. The molecule has 8 nitrogen and oxygen atoms in total. The van der Waals surface area contributed by atoms with E-state index < -0.39 is 6.09 Å². The van der Waals surface area contributed by atoms with Gasteiger partial charge in [-0.1, -0.05) is 6.92 Å². The van der Waals surface area contributed by atoms with Crippen molar-refractivity contribution >= 4 is 33.5 Å². The SMILES string of the molecule is CCOC(=O)CCCc1c(COC(=O)N(C)C)nn2c(CC)ccc2c1-c1cncc(Br)c1. The lowest BCUT2D eigenvalue weighted by Crippen LogP contribution is -2.23. The Bertz CT molecular complexity index is 1140. The maximum Gasteiger partial charge on any atom is 0.409 e. The van der Waals surface area contributed by atoms with Crippen LogP contribution < -0.4 is 0 Å². The summed E-state index contributed by atoms with van der Waals surface area (Å²) in [6.07, 6.45) is 5.36. The van der Waals surface area contributed by atoms with E-state index in [1.165, 1.54) is 4.90 Å². The molecule has 0 unspecified atom stereocenters. The van der Waals surface area contributed by atoms with Gasteiger partial charge in [-0.15, -0.1) is 0 Å². The molecule has 0 aromatic carbocycles. The van der Waals surface area contributed by atoms with Crippen LogP contribution in [0.1, 0.15) is 43.6 Å². The predicted octanol–water partition coefficient (Wildman–Crippen LogP) is 4.81. The quantitative estimate of drug-likeness (QED) is 0.379. The van der Waals surface area contributed by atoms with Gasteiger partial charge in [0.25, 0.3) is 0 Å². The zero-order chi connectivity index (χ0) is 24.0. The molecule has 0 bridgehead atoms. The molecule has 0 fully saturated rings. The van der Waals surface area contributed by atoms with Crippen molar-refractivity contribution in [2.75, 3.05) is 20.7 Å². The van der Waals surface area contributed by atoms with E-state index in [2.05, 4.69) is 33.9 Å². The number of hydrogen-bond acceptors (Lipinski definition) is 6. The van der Waals surface area contributed by atoms with Crippen LogP contribution in [-0.2, 0) is 33.7 Å². The molecular formula is C24H29BrN4O4. The van der Waals surface area contributed by atoms with Crippen molar-refractivity contribution in [3.63, 3.8) is 0 Å². The van der Waals surface area contributed by atoms with E-state index in [0.29, 0.717) is 31.6 Å². The highest BCUT2D eigenvalue weighted by molar-refractivity contribution is 9.10. The monoisotopic (exact) mass is 516 g/mol. The lowest BCUT2D eigenvalue weighted by molar-refractivity contribution is -0.143. The Morgan fingerprint density at radius 3 is 2.61 bits per heavy atom. The minimum absolute atomic E-state index is 0.0253. The highest BCUT2D eigenvalue weighted by atomic mass is 79.9. The third-order valence-electron chi connectivity index (χ3n) is 5.23. The number of ether oxygens (including phenoxy) is 2. The van der Waals surface area contributed by atoms with Crippen LogP contribution in [0, 0.1) is 0 Å². The first-order valence-corrected chi connectivity index (χ1v) is 11.8. The van der Waals surface area contributed by atoms with Crippen LogP contribution in [0.3, 0.4) is 0 Å². The number of hydrogen-bond donors (Lipinski definition) is 0. The van der Waals surface area contributed by atoms with Crippen molar-refractivity contribution in [1.29, 1.82) is 0 Å².